The van der Waals surface area contributed by atoms with E-state index in [1.54, 1.807) is 108 Å². The average Bonchev–Trinajstić information content (AvgIpc) is 3.01. The summed E-state index contributed by atoms with van der Waals surface area (Å²) in [6.07, 6.45) is -0.166. The molecule has 49 heavy (non-hydrogen) atoms. The summed E-state index contributed by atoms with van der Waals surface area (Å²) in [6, 6.07) is 17.9. The second-order valence-corrected chi connectivity index (χ2v) is 13.3. The van der Waals surface area contributed by atoms with Gasteiger partial charge in [-0.25, -0.2) is 14.4 Å². The number of para-hydroxylation sites is 2. The third kappa shape index (κ3) is 11.9. The van der Waals surface area contributed by atoms with E-state index < -0.39 is 41.4 Å². The van der Waals surface area contributed by atoms with Crippen molar-refractivity contribution in [1.82, 2.24) is 10.6 Å². The Morgan fingerprint density at radius 1 is 0.735 bits per heavy atom. The standard InChI is InChI=1S/C36H45N5O8/c1-35(2,3)48-33(44)37-19-9-12-26(40-32(43)38-25-17-18-29-30(22-25)47-21-20-46-29)23-13-15-24(16-14-23)31(42)39-27-10-7-8-11-28(27)41-34(45)49-36(4,5)6/h7-8,10-11,13-18,22,26H,9,12,19-21H2,1-6H3,(H,37,44)(H,39,42)(H,41,45)(H2,38,40,43). The Morgan fingerprint density at radius 2 is 1.35 bits per heavy atom. The normalized spacial score (nSPS) is 12.9. The molecule has 1 unspecified atom stereocenters. The SMILES string of the molecule is CC(C)(C)OC(=O)NCCCC(NC(=O)Nc1ccc2c(c1)OCCO2)c1ccc(C(=O)Nc2ccccc2NC(=O)OC(C)(C)C)cc1. The molecule has 1 atom stereocenters. The maximum Gasteiger partial charge on any atom is 0.412 e. The molecule has 4 rings (SSSR count). The smallest absolute Gasteiger partial charge is 0.412 e. The third-order valence-electron chi connectivity index (χ3n) is 6.83. The van der Waals surface area contributed by atoms with E-state index in [-0.39, 0.29) is 0 Å². The molecule has 1 heterocycles. The van der Waals surface area contributed by atoms with Crippen LogP contribution in [0, 0.1) is 0 Å². The highest BCUT2D eigenvalue weighted by Crippen LogP contribution is 2.32. The lowest BCUT2D eigenvalue weighted by molar-refractivity contribution is 0.0525. The van der Waals surface area contributed by atoms with Gasteiger partial charge in [-0.15, -0.1) is 0 Å². The van der Waals surface area contributed by atoms with Gasteiger partial charge in [0.1, 0.15) is 24.4 Å². The number of carbonyl (C=O) groups is 4. The van der Waals surface area contributed by atoms with Gasteiger partial charge in [-0.05, 0) is 96.3 Å². The van der Waals surface area contributed by atoms with Crippen LogP contribution in [0.4, 0.5) is 31.4 Å². The van der Waals surface area contributed by atoms with Crippen molar-refractivity contribution in [2.24, 2.45) is 0 Å². The van der Waals surface area contributed by atoms with Crippen molar-refractivity contribution in [3.8, 4) is 11.5 Å². The molecule has 5 N–H and O–H groups in total. The summed E-state index contributed by atoms with van der Waals surface area (Å²) in [6.45, 7) is 11.9. The number of nitrogens with one attached hydrogen (secondary N) is 5. The maximum absolute atomic E-state index is 13.2. The third-order valence-corrected chi connectivity index (χ3v) is 6.83. The summed E-state index contributed by atoms with van der Waals surface area (Å²) in [5, 5.41) is 14.1. The quantitative estimate of drug-likeness (QED) is 0.141. The molecule has 262 valence electrons. The van der Waals surface area contributed by atoms with Crippen molar-refractivity contribution in [1.29, 1.82) is 0 Å². The number of benzene rings is 3. The largest absolute Gasteiger partial charge is 0.486 e. The molecule has 0 saturated heterocycles. The highest BCUT2D eigenvalue weighted by molar-refractivity contribution is 6.07. The van der Waals surface area contributed by atoms with Crippen molar-refractivity contribution in [3.05, 3.63) is 77.9 Å². The van der Waals surface area contributed by atoms with Crippen molar-refractivity contribution < 1.29 is 38.1 Å². The molecule has 1 aliphatic heterocycles. The number of hydrogen-bond donors (Lipinski definition) is 5. The molecule has 3 aromatic rings. The summed E-state index contributed by atoms with van der Waals surface area (Å²) in [7, 11) is 0. The van der Waals surface area contributed by atoms with E-state index in [2.05, 4.69) is 26.6 Å². The predicted octanol–water partition coefficient (Wildman–Crippen LogP) is 7.22. The fourth-order valence-electron chi connectivity index (χ4n) is 4.76. The molecule has 13 nitrogen and oxygen atoms in total. The van der Waals surface area contributed by atoms with Gasteiger partial charge < -0.3 is 40.2 Å². The first-order valence-electron chi connectivity index (χ1n) is 16.1. The summed E-state index contributed by atoms with van der Waals surface area (Å²) < 4.78 is 21.8. The summed E-state index contributed by atoms with van der Waals surface area (Å²) in [4.78, 5) is 50.8. The highest BCUT2D eigenvalue weighted by Gasteiger charge is 2.21. The molecule has 0 aliphatic carbocycles. The van der Waals surface area contributed by atoms with Gasteiger partial charge in [-0.3, -0.25) is 10.1 Å². The van der Waals surface area contributed by atoms with E-state index in [1.165, 1.54) is 0 Å². The Hall–Kier alpha value is -5.46. The zero-order valence-corrected chi connectivity index (χ0v) is 28.7. The van der Waals surface area contributed by atoms with E-state index in [4.69, 9.17) is 18.9 Å². The molecule has 1 aliphatic rings. The Morgan fingerprint density at radius 3 is 2.00 bits per heavy atom. The minimum Gasteiger partial charge on any atom is -0.486 e. The van der Waals surface area contributed by atoms with Gasteiger partial charge in [0, 0.05) is 23.9 Å². The van der Waals surface area contributed by atoms with Gasteiger partial charge in [0.15, 0.2) is 11.5 Å². The fraction of sp³-hybridized carbons (Fsp3) is 0.389. The van der Waals surface area contributed by atoms with Crippen LogP contribution in [0.3, 0.4) is 0 Å². The number of carbonyl (C=O) groups excluding carboxylic acids is 4. The van der Waals surface area contributed by atoms with Crippen LogP contribution in [0.15, 0.2) is 66.7 Å². The molecule has 13 heteroatoms. The highest BCUT2D eigenvalue weighted by atomic mass is 16.6. The molecule has 0 bridgehead atoms. The lowest BCUT2D eigenvalue weighted by Gasteiger charge is -2.22. The van der Waals surface area contributed by atoms with Crippen LogP contribution in [-0.4, -0.2) is 55.1 Å². The zero-order chi connectivity index (χ0) is 35.6. The second-order valence-electron chi connectivity index (χ2n) is 13.3. The van der Waals surface area contributed by atoms with Crippen molar-refractivity contribution in [2.45, 2.75) is 71.6 Å². The Labute approximate surface area is 286 Å². The molecule has 5 amide bonds. The molecule has 0 saturated carbocycles. The Kier molecular flexibility index (Phi) is 11.9. The van der Waals surface area contributed by atoms with Crippen LogP contribution in [-0.2, 0) is 9.47 Å². The van der Waals surface area contributed by atoms with Gasteiger partial charge in [-0.2, -0.15) is 0 Å². The van der Waals surface area contributed by atoms with Crippen molar-refractivity contribution in [3.63, 3.8) is 0 Å². The summed E-state index contributed by atoms with van der Waals surface area (Å²) in [5.41, 5.74) is 1.12. The van der Waals surface area contributed by atoms with Gasteiger partial charge in [0.25, 0.3) is 5.91 Å². The lowest BCUT2D eigenvalue weighted by atomic mass is 10.00. The first-order chi connectivity index (χ1) is 23.1. The number of rotatable bonds is 10. The van der Waals surface area contributed by atoms with E-state index in [0.717, 1.165) is 5.56 Å². The van der Waals surface area contributed by atoms with Gasteiger partial charge in [-0.1, -0.05) is 24.3 Å². The lowest BCUT2D eigenvalue weighted by Crippen LogP contribution is -2.35. The predicted molar refractivity (Wildman–Crippen MR) is 186 cm³/mol. The molecule has 0 aromatic heterocycles. The maximum atomic E-state index is 13.2. The first kappa shape index (κ1) is 36.4. The van der Waals surface area contributed by atoms with Crippen molar-refractivity contribution >= 4 is 41.2 Å². The zero-order valence-electron chi connectivity index (χ0n) is 28.7. The van der Waals surface area contributed by atoms with Crippen LogP contribution in [0.25, 0.3) is 0 Å². The molecule has 0 fully saturated rings. The fourth-order valence-corrected chi connectivity index (χ4v) is 4.76. The van der Waals surface area contributed by atoms with E-state index in [1.807, 2.05) is 0 Å². The number of ether oxygens (including phenoxy) is 4. The van der Waals surface area contributed by atoms with Crippen LogP contribution in [0.2, 0.25) is 0 Å². The van der Waals surface area contributed by atoms with Crippen molar-refractivity contribution in [2.75, 3.05) is 35.7 Å². The monoisotopic (exact) mass is 675 g/mol. The number of amides is 5. The number of hydrogen-bond acceptors (Lipinski definition) is 8. The van der Waals surface area contributed by atoms with Gasteiger partial charge in [0.05, 0.1) is 17.4 Å². The minimum absolute atomic E-state index is 0.327. The van der Waals surface area contributed by atoms with Gasteiger partial charge >= 0.3 is 18.2 Å². The van der Waals surface area contributed by atoms with E-state index >= 15 is 0 Å². The van der Waals surface area contributed by atoms with Crippen LogP contribution in [0.5, 0.6) is 11.5 Å². The molecular weight excluding hydrogens is 630 g/mol. The molecular formula is C36H45N5O8. The number of anilines is 3. The van der Waals surface area contributed by atoms with Crippen LogP contribution in [0.1, 0.15) is 76.3 Å². The number of alkyl carbamates (subject to hydrolysis) is 1. The van der Waals surface area contributed by atoms with Crippen LogP contribution >= 0.6 is 0 Å². The average molecular weight is 676 g/mol. The topological polar surface area (TPSA) is 165 Å². The minimum atomic E-state index is -0.683. The summed E-state index contributed by atoms with van der Waals surface area (Å²) >= 11 is 0. The Balaban J connectivity index is 1.43. The first-order valence-corrected chi connectivity index (χ1v) is 16.1. The molecule has 0 radical (unpaired) electrons. The second kappa shape index (κ2) is 16.1. The molecule has 0 spiro atoms. The number of urea groups is 1. The van der Waals surface area contributed by atoms with E-state index in [9.17, 15) is 19.2 Å². The van der Waals surface area contributed by atoms with Crippen LogP contribution < -0.4 is 36.1 Å². The number of fused-ring (bicyclic) bond motifs is 1. The van der Waals surface area contributed by atoms with E-state index in [0.29, 0.717) is 66.7 Å². The summed E-state index contributed by atoms with van der Waals surface area (Å²) in [5.74, 6) is 0.762. The molecule has 3 aromatic carbocycles. The Bertz CT molecular complexity index is 1630. The van der Waals surface area contributed by atoms with Gasteiger partial charge in [0.2, 0.25) is 0 Å².